The van der Waals surface area contributed by atoms with Gasteiger partial charge < -0.3 is 0 Å². The van der Waals surface area contributed by atoms with E-state index < -0.39 is 0 Å². The van der Waals surface area contributed by atoms with Crippen molar-refractivity contribution in [3.8, 4) is 0 Å². The van der Waals surface area contributed by atoms with Gasteiger partial charge in [-0.25, -0.2) is 0 Å². The molecular weight excluding hydrogens is 332 g/mol. The van der Waals surface area contributed by atoms with E-state index in [4.69, 9.17) is 24.4 Å². The Hall–Kier alpha value is -0.180. The van der Waals surface area contributed by atoms with Crippen LogP contribution in [0.3, 0.4) is 0 Å². The molecule has 0 spiro atoms. The second-order valence-electron chi connectivity index (χ2n) is 4.61. The fourth-order valence-corrected chi connectivity index (χ4v) is 4.33. The maximum atomic E-state index is 11.5. The molecule has 0 aliphatic carbocycles. The van der Waals surface area contributed by atoms with Crippen molar-refractivity contribution in [1.82, 2.24) is 9.80 Å². The van der Waals surface area contributed by atoms with Gasteiger partial charge in [0.1, 0.15) is 8.64 Å². The van der Waals surface area contributed by atoms with Crippen LogP contribution < -0.4 is 0 Å². The molecular formula is C12H16N2O2S4. The molecule has 0 unspecified atom stereocenters. The minimum absolute atomic E-state index is 0.130. The van der Waals surface area contributed by atoms with Crippen LogP contribution in [0.5, 0.6) is 0 Å². The van der Waals surface area contributed by atoms with Crippen molar-refractivity contribution >= 4 is 68.4 Å². The number of amides is 2. The lowest BCUT2D eigenvalue weighted by Crippen LogP contribution is -2.30. The molecule has 0 atom stereocenters. The van der Waals surface area contributed by atoms with Gasteiger partial charge in [0.05, 0.1) is 11.5 Å². The number of carbonyl (C=O) groups excluding carboxylic acids is 2. The largest absolute Gasteiger partial charge is 0.297 e. The predicted molar refractivity (Wildman–Crippen MR) is 92.0 cm³/mol. The highest BCUT2D eigenvalue weighted by molar-refractivity contribution is 8.24. The van der Waals surface area contributed by atoms with Crippen LogP contribution in [0, 0.1) is 0 Å². The molecule has 0 N–H and O–H groups in total. The summed E-state index contributed by atoms with van der Waals surface area (Å²) in [5.74, 6) is 1.24. The SMILES string of the molecule is O=C1CSC(=S)N1CCCCCCN1C(=O)CSC1=S. The number of hydrogen-bond acceptors (Lipinski definition) is 6. The summed E-state index contributed by atoms with van der Waals surface area (Å²) in [5, 5.41) is 0. The van der Waals surface area contributed by atoms with Crippen LogP contribution in [0.1, 0.15) is 25.7 Å². The second kappa shape index (κ2) is 7.72. The summed E-state index contributed by atoms with van der Waals surface area (Å²) in [6, 6.07) is 0. The Bertz CT molecular complexity index is 369. The maximum absolute atomic E-state index is 11.5. The van der Waals surface area contributed by atoms with Gasteiger partial charge in [0.15, 0.2) is 0 Å². The Morgan fingerprint density at radius 3 is 1.50 bits per heavy atom. The Morgan fingerprint density at radius 1 is 0.800 bits per heavy atom. The first-order valence-corrected chi connectivity index (χ1v) is 9.32. The summed E-state index contributed by atoms with van der Waals surface area (Å²) in [7, 11) is 0. The second-order valence-corrected chi connectivity index (χ2v) is 7.83. The van der Waals surface area contributed by atoms with Gasteiger partial charge in [0, 0.05) is 13.1 Å². The van der Waals surface area contributed by atoms with Gasteiger partial charge in [0.2, 0.25) is 11.8 Å². The van der Waals surface area contributed by atoms with Gasteiger partial charge in [-0.15, -0.1) is 0 Å². The third kappa shape index (κ3) is 4.16. The number of unbranched alkanes of at least 4 members (excludes halogenated alkanes) is 3. The van der Waals surface area contributed by atoms with E-state index in [2.05, 4.69) is 0 Å². The summed E-state index contributed by atoms with van der Waals surface area (Å²) >= 11 is 13.1. The third-order valence-corrected chi connectivity index (χ3v) is 6.06. The van der Waals surface area contributed by atoms with Crippen LogP contribution in [0.4, 0.5) is 0 Å². The molecule has 2 heterocycles. The van der Waals surface area contributed by atoms with Crippen molar-refractivity contribution in [3.63, 3.8) is 0 Å². The molecule has 0 radical (unpaired) electrons. The zero-order valence-corrected chi connectivity index (χ0v) is 14.3. The quantitative estimate of drug-likeness (QED) is 0.519. The van der Waals surface area contributed by atoms with Crippen LogP contribution in [0.15, 0.2) is 0 Å². The van der Waals surface area contributed by atoms with Crippen LogP contribution in [-0.2, 0) is 9.59 Å². The average molecular weight is 349 g/mol. The summed E-state index contributed by atoms with van der Waals surface area (Å²) in [4.78, 5) is 26.4. The van der Waals surface area contributed by atoms with Crippen LogP contribution >= 0.6 is 48.0 Å². The summed E-state index contributed by atoms with van der Waals surface area (Å²) in [6.07, 6.45) is 4.00. The van der Waals surface area contributed by atoms with Gasteiger partial charge in [-0.1, -0.05) is 60.8 Å². The van der Waals surface area contributed by atoms with Gasteiger partial charge >= 0.3 is 0 Å². The zero-order valence-electron chi connectivity index (χ0n) is 11.0. The lowest BCUT2D eigenvalue weighted by atomic mass is 10.2. The first-order valence-electron chi connectivity index (χ1n) is 6.54. The summed E-state index contributed by atoms with van der Waals surface area (Å²) in [6.45, 7) is 1.45. The molecule has 2 aliphatic heterocycles. The Morgan fingerprint density at radius 2 is 1.20 bits per heavy atom. The number of carbonyl (C=O) groups is 2. The van der Waals surface area contributed by atoms with E-state index in [0.717, 1.165) is 38.8 Å². The Labute approximate surface area is 138 Å². The number of nitrogens with zero attached hydrogens (tertiary/aromatic N) is 2. The predicted octanol–water partition coefficient (Wildman–Crippen LogP) is 2.27. The molecule has 2 fully saturated rings. The standard InChI is InChI=1S/C12H16N2O2S4/c15-9-7-19-11(17)13(9)5-3-1-2-4-6-14-10(16)8-20-12(14)18/h1-8H2. The van der Waals surface area contributed by atoms with Crippen molar-refractivity contribution in [2.45, 2.75) is 25.7 Å². The minimum Gasteiger partial charge on any atom is -0.297 e. The Balaban J connectivity index is 1.56. The van der Waals surface area contributed by atoms with Crippen molar-refractivity contribution in [2.24, 2.45) is 0 Å². The lowest BCUT2D eigenvalue weighted by molar-refractivity contribution is -0.125. The van der Waals surface area contributed by atoms with Crippen molar-refractivity contribution in [1.29, 1.82) is 0 Å². The molecule has 4 nitrogen and oxygen atoms in total. The molecule has 2 saturated heterocycles. The molecule has 0 saturated carbocycles. The Kier molecular flexibility index (Phi) is 6.25. The van der Waals surface area contributed by atoms with Gasteiger partial charge in [-0.2, -0.15) is 0 Å². The van der Waals surface area contributed by atoms with E-state index in [0.29, 0.717) is 20.1 Å². The van der Waals surface area contributed by atoms with E-state index in [1.165, 1.54) is 23.5 Å². The van der Waals surface area contributed by atoms with Crippen molar-refractivity contribution in [3.05, 3.63) is 0 Å². The molecule has 0 aromatic rings. The molecule has 20 heavy (non-hydrogen) atoms. The molecule has 0 bridgehead atoms. The van der Waals surface area contributed by atoms with E-state index in [1.807, 2.05) is 0 Å². The fourth-order valence-electron chi connectivity index (χ4n) is 2.09. The van der Waals surface area contributed by atoms with E-state index in [1.54, 1.807) is 9.80 Å². The van der Waals surface area contributed by atoms with Crippen LogP contribution in [0.25, 0.3) is 0 Å². The average Bonchev–Trinajstić information content (AvgIpc) is 2.90. The highest BCUT2D eigenvalue weighted by Gasteiger charge is 2.26. The normalized spacial score (nSPS) is 19.6. The summed E-state index contributed by atoms with van der Waals surface area (Å²) in [5.41, 5.74) is 0. The van der Waals surface area contributed by atoms with E-state index in [-0.39, 0.29) is 11.8 Å². The maximum Gasteiger partial charge on any atom is 0.238 e. The molecule has 8 heteroatoms. The highest BCUT2D eigenvalue weighted by atomic mass is 32.2. The monoisotopic (exact) mass is 348 g/mol. The number of rotatable bonds is 7. The lowest BCUT2D eigenvalue weighted by Gasteiger charge is -2.16. The summed E-state index contributed by atoms with van der Waals surface area (Å²) < 4.78 is 1.42. The highest BCUT2D eigenvalue weighted by Crippen LogP contribution is 2.21. The molecule has 0 aromatic heterocycles. The molecule has 0 aromatic carbocycles. The molecule has 2 amide bonds. The van der Waals surface area contributed by atoms with E-state index in [9.17, 15) is 9.59 Å². The molecule has 110 valence electrons. The van der Waals surface area contributed by atoms with Crippen molar-refractivity contribution < 1.29 is 9.59 Å². The van der Waals surface area contributed by atoms with Gasteiger partial charge in [-0.3, -0.25) is 19.4 Å². The number of thiocarbonyl (C=S) groups is 2. The smallest absolute Gasteiger partial charge is 0.238 e. The van der Waals surface area contributed by atoms with Gasteiger partial charge in [0.25, 0.3) is 0 Å². The third-order valence-electron chi connectivity index (χ3n) is 3.19. The van der Waals surface area contributed by atoms with E-state index >= 15 is 0 Å². The number of thioether (sulfide) groups is 2. The number of hydrogen-bond donors (Lipinski definition) is 0. The van der Waals surface area contributed by atoms with Gasteiger partial charge in [-0.05, 0) is 12.8 Å². The topological polar surface area (TPSA) is 40.6 Å². The fraction of sp³-hybridized carbons (Fsp3) is 0.667. The first-order chi connectivity index (χ1) is 9.59. The zero-order chi connectivity index (χ0) is 14.5. The first kappa shape index (κ1) is 16.2. The minimum atomic E-state index is 0.130. The molecule has 2 aliphatic rings. The van der Waals surface area contributed by atoms with Crippen LogP contribution in [0.2, 0.25) is 0 Å². The molecule has 2 rings (SSSR count). The van der Waals surface area contributed by atoms with Crippen LogP contribution in [-0.4, -0.2) is 54.9 Å². The van der Waals surface area contributed by atoms with Crippen molar-refractivity contribution in [2.75, 3.05) is 24.6 Å².